The van der Waals surface area contributed by atoms with Crippen LogP contribution in [0.5, 0.6) is 0 Å². The Labute approximate surface area is 237 Å². The lowest BCUT2D eigenvalue weighted by Crippen LogP contribution is -2.55. The highest BCUT2D eigenvalue weighted by Crippen LogP contribution is 2.56. The van der Waals surface area contributed by atoms with Crippen molar-refractivity contribution in [1.29, 1.82) is 0 Å². The minimum absolute atomic E-state index is 0.197. The maximum absolute atomic E-state index is 14.5. The molecule has 41 heavy (non-hydrogen) atoms. The molecule has 0 aliphatic carbocycles. The summed E-state index contributed by atoms with van der Waals surface area (Å²) >= 11 is 0. The molecule has 210 valence electrons. The van der Waals surface area contributed by atoms with Crippen LogP contribution in [0.1, 0.15) is 38.3 Å². The molecule has 3 aliphatic rings. The second kappa shape index (κ2) is 9.92. The van der Waals surface area contributed by atoms with Crippen LogP contribution in [-0.4, -0.2) is 29.7 Å². The van der Waals surface area contributed by atoms with Crippen LogP contribution in [0.3, 0.4) is 0 Å². The smallest absolute Gasteiger partial charge is 0.253 e. The Morgan fingerprint density at radius 1 is 0.976 bits per heavy atom. The van der Waals surface area contributed by atoms with Gasteiger partial charge in [0.25, 0.3) is 5.91 Å². The van der Waals surface area contributed by atoms with Crippen molar-refractivity contribution >= 4 is 40.7 Å². The summed E-state index contributed by atoms with van der Waals surface area (Å²) in [5, 5.41) is 6.22. The molecule has 6 rings (SSSR count). The number of benzene rings is 3. The van der Waals surface area contributed by atoms with E-state index in [1.807, 2.05) is 38.1 Å². The molecule has 3 aromatic carbocycles. The van der Waals surface area contributed by atoms with Crippen molar-refractivity contribution in [3.8, 4) is 0 Å². The highest BCUT2D eigenvalue weighted by Gasteiger charge is 2.71. The van der Waals surface area contributed by atoms with E-state index in [4.69, 9.17) is 0 Å². The van der Waals surface area contributed by atoms with Crippen molar-refractivity contribution in [3.63, 3.8) is 0 Å². The molecule has 0 bridgehead atoms. The molecule has 2 fully saturated rings. The van der Waals surface area contributed by atoms with E-state index in [9.17, 15) is 23.6 Å². The molecule has 3 aromatic rings. The Morgan fingerprint density at radius 3 is 2.32 bits per heavy atom. The molecule has 0 unspecified atom stereocenters. The zero-order valence-electron chi connectivity index (χ0n) is 23.1. The van der Waals surface area contributed by atoms with Gasteiger partial charge in [-0.1, -0.05) is 44.2 Å². The quantitative estimate of drug-likeness (QED) is 0.442. The Morgan fingerprint density at radius 2 is 1.66 bits per heavy atom. The van der Waals surface area contributed by atoms with Crippen molar-refractivity contribution in [3.05, 3.63) is 89.7 Å². The van der Waals surface area contributed by atoms with Gasteiger partial charge in [0.2, 0.25) is 17.7 Å². The molecule has 0 saturated carbocycles. The zero-order valence-corrected chi connectivity index (χ0v) is 23.1. The van der Waals surface area contributed by atoms with Gasteiger partial charge < -0.3 is 10.2 Å². The summed E-state index contributed by atoms with van der Waals surface area (Å²) in [5.74, 6) is -3.14. The van der Waals surface area contributed by atoms with E-state index >= 15 is 0 Å². The highest BCUT2D eigenvalue weighted by molar-refractivity contribution is 6.26. The van der Waals surface area contributed by atoms with E-state index < -0.39 is 29.3 Å². The van der Waals surface area contributed by atoms with E-state index in [0.29, 0.717) is 29.0 Å². The van der Waals surface area contributed by atoms with Crippen LogP contribution in [0, 0.1) is 23.6 Å². The second-order valence-electron chi connectivity index (χ2n) is 11.5. The van der Waals surface area contributed by atoms with E-state index in [1.54, 1.807) is 41.3 Å². The van der Waals surface area contributed by atoms with E-state index in [1.165, 1.54) is 24.0 Å². The number of nitrogens with one attached hydrogen (secondary N) is 2. The number of fused-ring (bicyclic) bond motifs is 4. The Balaban J connectivity index is 1.43. The summed E-state index contributed by atoms with van der Waals surface area (Å²) in [6.45, 7) is 5.70. The van der Waals surface area contributed by atoms with Crippen molar-refractivity contribution in [2.45, 2.75) is 45.3 Å². The fraction of sp³-hybridized carbons (Fsp3) is 0.312. The van der Waals surface area contributed by atoms with Crippen LogP contribution in [0.4, 0.5) is 21.5 Å². The molecular weight excluding hydrogens is 523 g/mol. The maximum Gasteiger partial charge on any atom is 0.253 e. The third kappa shape index (κ3) is 4.23. The van der Waals surface area contributed by atoms with Gasteiger partial charge in [0.1, 0.15) is 11.4 Å². The monoisotopic (exact) mass is 554 g/mol. The SMILES string of the molecule is CC(=O)Nc1ccc(N2C(=O)[C@@H]3[C@H](CC(C)C)N[C@@]4(C(=O)N(Cc5ccc(F)cc5)c5ccccc54)[C@H]3C2=O)cc1. The lowest BCUT2D eigenvalue weighted by atomic mass is 9.76. The van der Waals surface area contributed by atoms with Crippen molar-refractivity contribution < 1.29 is 23.6 Å². The summed E-state index contributed by atoms with van der Waals surface area (Å²) in [5.41, 5.74) is 1.60. The van der Waals surface area contributed by atoms with E-state index in [2.05, 4.69) is 10.6 Å². The molecule has 9 heteroatoms. The first-order valence-corrected chi connectivity index (χ1v) is 13.8. The fourth-order valence-electron chi connectivity index (χ4n) is 6.74. The molecule has 3 aliphatic heterocycles. The lowest BCUT2D eigenvalue weighted by molar-refractivity contribution is -0.132. The molecule has 1 spiro atoms. The number of nitrogens with zero attached hydrogens (tertiary/aromatic N) is 2. The molecule has 8 nitrogen and oxygen atoms in total. The third-order valence-corrected chi connectivity index (χ3v) is 8.29. The summed E-state index contributed by atoms with van der Waals surface area (Å²) in [6.07, 6.45) is 0.602. The van der Waals surface area contributed by atoms with Crippen LogP contribution >= 0.6 is 0 Å². The second-order valence-corrected chi connectivity index (χ2v) is 11.5. The summed E-state index contributed by atoms with van der Waals surface area (Å²) in [6, 6.07) is 19.5. The molecule has 2 N–H and O–H groups in total. The summed E-state index contributed by atoms with van der Waals surface area (Å²) in [7, 11) is 0. The minimum atomic E-state index is -1.42. The first kappa shape index (κ1) is 26.8. The van der Waals surface area contributed by atoms with Gasteiger partial charge >= 0.3 is 0 Å². The van der Waals surface area contributed by atoms with Gasteiger partial charge in [-0.15, -0.1) is 0 Å². The van der Waals surface area contributed by atoms with Crippen molar-refractivity contribution in [1.82, 2.24) is 5.32 Å². The number of imide groups is 1. The van der Waals surface area contributed by atoms with Crippen LogP contribution in [0.15, 0.2) is 72.8 Å². The number of rotatable bonds is 6. The summed E-state index contributed by atoms with van der Waals surface area (Å²) < 4.78 is 13.6. The maximum atomic E-state index is 14.5. The number of carbonyl (C=O) groups excluding carboxylic acids is 4. The molecule has 4 amide bonds. The third-order valence-electron chi connectivity index (χ3n) is 8.29. The predicted molar refractivity (Wildman–Crippen MR) is 152 cm³/mol. The first-order valence-electron chi connectivity index (χ1n) is 13.8. The fourth-order valence-corrected chi connectivity index (χ4v) is 6.74. The number of para-hydroxylation sites is 1. The van der Waals surface area contributed by atoms with Crippen LogP contribution in [-0.2, 0) is 31.3 Å². The molecule has 3 heterocycles. The molecule has 4 atom stereocenters. The first-order chi connectivity index (χ1) is 19.6. The van der Waals surface area contributed by atoms with Gasteiger partial charge in [-0.2, -0.15) is 0 Å². The largest absolute Gasteiger partial charge is 0.326 e. The van der Waals surface area contributed by atoms with Gasteiger partial charge in [0.05, 0.1) is 24.1 Å². The van der Waals surface area contributed by atoms with Crippen LogP contribution < -0.4 is 20.4 Å². The van der Waals surface area contributed by atoms with Gasteiger partial charge in [-0.25, -0.2) is 9.29 Å². The van der Waals surface area contributed by atoms with E-state index in [-0.39, 0.29) is 36.0 Å². The number of hydrogen-bond donors (Lipinski definition) is 2. The normalized spacial score (nSPS) is 24.9. The Bertz CT molecular complexity index is 1550. The van der Waals surface area contributed by atoms with E-state index in [0.717, 1.165) is 5.56 Å². The van der Waals surface area contributed by atoms with Crippen LogP contribution in [0.2, 0.25) is 0 Å². The average molecular weight is 555 g/mol. The highest BCUT2D eigenvalue weighted by atomic mass is 19.1. The number of carbonyl (C=O) groups is 4. The predicted octanol–water partition coefficient (Wildman–Crippen LogP) is 4.35. The molecule has 0 aromatic heterocycles. The molecule has 2 saturated heterocycles. The minimum Gasteiger partial charge on any atom is -0.326 e. The van der Waals surface area contributed by atoms with Crippen molar-refractivity contribution in [2.24, 2.45) is 17.8 Å². The number of hydrogen-bond acceptors (Lipinski definition) is 5. The summed E-state index contributed by atoms with van der Waals surface area (Å²) in [4.78, 5) is 57.2. The molecule has 0 radical (unpaired) electrons. The number of anilines is 3. The topological polar surface area (TPSA) is 98.8 Å². The van der Waals surface area contributed by atoms with Gasteiger partial charge in [0, 0.05) is 29.9 Å². The van der Waals surface area contributed by atoms with Gasteiger partial charge in [-0.05, 0) is 60.4 Å². The average Bonchev–Trinajstić information content (AvgIpc) is 3.49. The lowest BCUT2D eigenvalue weighted by Gasteiger charge is -2.31. The zero-order chi connectivity index (χ0) is 29.1. The Kier molecular flexibility index (Phi) is 6.49. The Hall–Kier alpha value is -4.37. The number of halogens is 1. The van der Waals surface area contributed by atoms with Gasteiger partial charge in [-0.3, -0.25) is 24.5 Å². The van der Waals surface area contributed by atoms with Crippen LogP contribution in [0.25, 0.3) is 0 Å². The standard InChI is InChI=1S/C32H31FN4O4/c1-18(2)16-25-27-28(30(40)37(29(27)39)23-14-12-22(13-15-23)34-19(3)38)32(35-25)24-6-4-5-7-26(24)36(31(32)41)17-20-8-10-21(33)11-9-20/h4-15,18,25,27-28,35H,16-17H2,1-3H3,(H,34,38)/t25-,27+,28+,32+/m0/s1. The number of amides is 4. The molecular formula is C32H31FN4O4. The van der Waals surface area contributed by atoms with Crippen molar-refractivity contribution in [2.75, 3.05) is 15.1 Å². The van der Waals surface area contributed by atoms with Gasteiger partial charge in [0.15, 0.2) is 0 Å².